The van der Waals surface area contributed by atoms with E-state index >= 15 is 0 Å². The number of nitrogens with one attached hydrogen (secondary N) is 4. The van der Waals surface area contributed by atoms with E-state index < -0.39 is 21.9 Å². The van der Waals surface area contributed by atoms with E-state index in [0.29, 0.717) is 26.6 Å². The van der Waals surface area contributed by atoms with Crippen LogP contribution in [0.1, 0.15) is 12.5 Å². The molecule has 0 radical (unpaired) electrons. The molecule has 0 fully saturated rings. The monoisotopic (exact) mass is 620 g/mol. The maximum atomic E-state index is 12.7. The van der Waals surface area contributed by atoms with Crippen molar-refractivity contribution in [3.63, 3.8) is 0 Å². The molecule has 4 amide bonds. The highest BCUT2D eigenvalue weighted by molar-refractivity contribution is 9.11. The maximum Gasteiger partial charge on any atom is 0.323 e. The number of aryl methyl sites for hydroxylation is 1. The summed E-state index contributed by atoms with van der Waals surface area (Å²) < 4.78 is 0.790. The van der Waals surface area contributed by atoms with Crippen LogP contribution < -0.4 is 21.3 Å². The highest BCUT2D eigenvalue weighted by Gasteiger charge is 2.21. The van der Waals surface area contributed by atoms with Gasteiger partial charge >= 0.3 is 12.1 Å². The topological polar surface area (TPSA) is 169 Å². The second kappa shape index (κ2) is 11.6. The highest BCUT2D eigenvalue weighted by Crippen LogP contribution is 2.40. The molecule has 0 aliphatic rings. The van der Waals surface area contributed by atoms with Crippen LogP contribution in [0.15, 0.2) is 63.5 Å². The van der Waals surface area contributed by atoms with Gasteiger partial charge in [-0.05, 0) is 62.0 Å². The average molecular weight is 622 g/mol. The van der Waals surface area contributed by atoms with Crippen molar-refractivity contribution in [2.75, 3.05) is 21.3 Å². The Morgan fingerprint density at radius 1 is 0.778 bits per heavy atom. The number of carbonyl (C=O) groups is 2. The third kappa shape index (κ3) is 6.14. The average Bonchev–Trinajstić information content (AvgIpc) is 2.83. The van der Waals surface area contributed by atoms with Gasteiger partial charge in [-0.15, -0.1) is 0 Å². The quantitative estimate of drug-likeness (QED) is 0.166. The number of carbonyl (C=O) groups excluding carboxylic acids is 2. The molecule has 0 saturated heterocycles. The number of hydrogen-bond donors (Lipinski definition) is 4. The van der Waals surface area contributed by atoms with Crippen LogP contribution in [0.2, 0.25) is 0 Å². The Morgan fingerprint density at radius 3 is 1.67 bits per heavy atom. The first-order valence-corrected chi connectivity index (χ1v) is 11.8. The lowest BCUT2D eigenvalue weighted by Gasteiger charge is -2.18. The van der Waals surface area contributed by atoms with Gasteiger partial charge in [0.1, 0.15) is 11.4 Å². The maximum absolute atomic E-state index is 12.7. The van der Waals surface area contributed by atoms with E-state index in [4.69, 9.17) is 0 Å². The molecule has 0 spiro atoms. The van der Waals surface area contributed by atoms with Crippen LogP contribution in [0.3, 0.4) is 0 Å². The number of urea groups is 2. The SMILES string of the molecule is CCc1cc(Br)c(NC(=O)Nc2ccccc2[N+](=O)[O-])c(Br)c1NC(=O)Nc1ccccc1[N+](=O)[O-]. The van der Waals surface area contributed by atoms with Gasteiger partial charge in [0, 0.05) is 16.6 Å². The molecule has 0 heterocycles. The minimum atomic E-state index is -0.759. The van der Waals surface area contributed by atoms with Gasteiger partial charge in [0.2, 0.25) is 0 Å². The van der Waals surface area contributed by atoms with Crippen LogP contribution in [0.25, 0.3) is 0 Å². The van der Waals surface area contributed by atoms with Gasteiger partial charge in [0.25, 0.3) is 11.4 Å². The smallest absolute Gasteiger partial charge is 0.306 e. The number of para-hydroxylation sites is 4. The van der Waals surface area contributed by atoms with Crippen molar-refractivity contribution >= 4 is 78.0 Å². The number of nitrogens with zero attached hydrogens (tertiary/aromatic N) is 2. The summed E-state index contributed by atoms with van der Waals surface area (Å²) in [6.45, 7) is 1.85. The Bertz CT molecular complexity index is 1370. The van der Waals surface area contributed by atoms with E-state index in [2.05, 4.69) is 53.1 Å². The summed E-state index contributed by atoms with van der Waals surface area (Å²) >= 11 is 6.78. The molecule has 0 atom stereocenters. The number of halogens is 2. The molecule has 14 heteroatoms. The van der Waals surface area contributed by atoms with Crippen molar-refractivity contribution in [3.05, 3.63) is 89.3 Å². The third-order valence-electron chi connectivity index (χ3n) is 4.86. The number of nitro benzene ring substituents is 2. The summed E-state index contributed by atoms with van der Waals surface area (Å²) in [7, 11) is 0. The van der Waals surface area contributed by atoms with Gasteiger partial charge in [-0.1, -0.05) is 31.2 Å². The fraction of sp³-hybridized carbons (Fsp3) is 0.0909. The Morgan fingerprint density at radius 2 is 1.22 bits per heavy atom. The van der Waals surface area contributed by atoms with Crippen LogP contribution in [0, 0.1) is 20.2 Å². The predicted molar refractivity (Wildman–Crippen MR) is 143 cm³/mol. The molecule has 0 saturated carbocycles. The first kappa shape index (κ1) is 26.6. The molecule has 0 bridgehead atoms. The molecule has 12 nitrogen and oxygen atoms in total. The predicted octanol–water partition coefficient (Wildman–Crippen LogP) is 6.88. The Kier molecular flexibility index (Phi) is 8.55. The van der Waals surface area contributed by atoms with Crippen molar-refractivity contribution in [1.29, 1.82) is 0 Å². The fourth-order valence-corrected chi connectivity index (χ4v) is 4.71. The van der Waals surface area contributed by atoms with Crippen LogP contribution in [0.5, 0.6) is 0 Å². The van der Waals surface area contributed by atoms with Gasteiger partial charge in [-0.2, -0.15) is 0 Å². The molecule has 0 aliphatic carbocycles. The van der Waals surface area contributed by atoms with Gasteiger partial charge in [0.15, 0.2) is 0 Å². The Balaban J connectivity index is 1.86. The van der Waals surface area contributed by atoms with E-state index in [-0.39, 0.29) is 28.4 Å². The molecule has 0 aromatic heterocycles. The van der Waals surface area contributed by atoms with Crippen molar-refractivity contribution in [2.45, 2.75) is 13.3 Å². The number of benzene rings is 3. The van der Waals surface area contributed by atoms with E-state index in [1.807, 2.05) is 6.92 Å². The molecule has 3 aromatic carbocycles. The van der Waals surface area contributed by atoms with Crippen LogP contribution in [-0.2, 0) is 6.42 Å². The second-order valence-corrected chi connectivity index (χ2v) is 8.79. The zero-order valence-electron chi connectivity index (χ0n) is 18.5. The number of nitro groups is 2. The fourth-order valence-electron chi connectivity index (χ4n) is 3.21. The summed E-state index contributed by atoms with van der Waals surface area (Å²) in [5.74, 6) is 0. The molecule has 3 aromatic rings. The Hall–Kier alpha value is -4.04. The lowest BCUT2D eigenvalue weighted by molar-refractivity contribution is -0.384. The minimum Gasteiger partial charge on any atom is -0.306 e. The van der Waals surface area contributed by atoms with Crippen molar-refractivity contribution < 1.29 is 19.4 Å². The summed E-state index contributed by atoms with van der Waals surface area (Å²) in [5, 5.41) is 32.6. The van der Waals surface area contributed by atoms with Gasteiger partial charge in [0.05, 0.1) is 25.7 Å². The lowest BCUT2D eigenvalue weighted by atomic mass is 10.1. The van der Waals surface area contributed by atoms with Gasteiger partial charge in [-0.25, -0.2) is 9.59 Å². The Labute approximate surface area is 221 Å². The molecule has 4 N–H and O–H groups in total. The van der Waals surface area contributed by atoms with Crippen molar-refractivity contribution in [1.82, 2.24) is 0 Å². The second-order valence-electron chi connectivity index (χ2n) is 7.14. The lowest BCUT2D eigenvalue weighted by Crippen LogP contribution is -2.23. The van der Waals surface area contributed by atoms with E-state index in [1.54, 1.807) is 18.2 Å². The summed E-state index contributed by atoms with van der Waals surface area (Å²) in [4.78, 5) is 46.6. The van der Waals surface area contributed by atoms with Crippen molar-refractivity contribution in [2.24, 2.45) is 0 Å². The molecule has 0 unspecified atom stereocenters. The number of amides is 4. The third-order valence-corrected chi connectivity index (χ3v) is 6.27. The van der Waals surface area contributed by atoms with Crippen LogP contribution in [0.4, 0.5) is 43.7 Å². The van der Waals surface area contributed by atoms with Crippen LogP contribution in [-0.4, -0.2) is 21.9 Å². The molecule has 186 valence electrons. The van der Waals surface area contributed by atoms with Gasteiger partial charge < -0.3 is 21.3 Å². The zero-order chi connectivity index (χ0) is 26.4. The minimum absolute atomic E-state index is 0.000366. The normalized spacial score (nSPS) is 10.3. The first-order chi connectivity index (χ1) is 17.1. The number of anilines is 4. The molecule has 3 rings (SSSR count). The van der Waals surface area contributed by atoms with Crippen molar-refractivity contribution in [3.8, 4) is 0 Å². The molecule has 36 heavy (non-hydrogen) atoms. The first-order valence-electron chi connectivity index (χ1n) is 10.3. The summed E-state index contributed by atoms with van der Waals surface area (Å²) in [6, 6.07) is 11.6. The van der Waals surface area contributed by atoms with Crippen LogP contribution >= 0.6 is 31.9 Å². The highest BCUT2D eigenvalue weighted by atomic mass is 79.9. The molecular weight excluding hydrogens is 604 g/mol. The zero-order valence-corrected chi connectivity index (χ0v) is 21.7. The van der Waals surface area contributed by atoms with E-state index in [1.165, 1.54) is 36.4 Å². The largest absolute Gasteiger partial charge is 0.323 e. The summed E-state index contributed by atoms with van der Waals surface area (Å²) in [6.07, 6.45) is 0.501. The van der Waals surface area contributed by atoms with E-state index in [0.717, 1.165) is 0 Å². The van der Waals surface area contributed by atoms with Gasteiger partial charge in [-0.3, -0.25) is 20.2 Å². The van der Waals surface area contributed by atoms with E-state index in [9.17, 15) is 29.8 Å². The number of hydrogen-bond acceptors (Lipinski definition) is 6. The standard InChI is InChI=1S/C22H18Br2N6O6/c1-2-12-11-13(23)20(28-22(32)26-15-8-4-6-10-17(15)30(35)36)18(24)19(12)27-21(31)25-14-7-3-5-9-16(14)29(33)34/h3-11H,2H2,1H3,(H2,25,27,31)(H2,26,28,32). The number of rotatable bonds is 7. The summed E-state index contributed by atoms with van der Waals surface area (Å²) in [5.41, 5.74) is 0.708. The molecular formula is C22H18Br2N6O6. The molecule has 0 aliphatic heterocycles.